The highest BCUT2D eigenvalue weighted by molar-refractivity contribution is 7.09. The highest BCUT2D eigenvalue weighted by atomic mass is 32.1. The van der Waals surface area contributed by atoms with Crippen LogP contribution in [0.1, 0.15) is 30.6 Å². The molecule has 0 bridgehead atoms. The van der Waals surface area contributed by atoms with Crippen molar-refractivity contribution in [2.75, 3.05) is 39.5 Å². The van der Waals surface area contributed by atoms with Crippen LogP contribution in [0, 0.1) is 11.8 Å². The summed E-state index contributed by atoms with van der Waals surface area (Å²) in [6.07, 6.45) is 4.96. The number of likely N-dealkylation sites (tertiary alicyclic amines) is 1. The number of ether oxygens (including phenoxy) is 1. The topological polar surface area (TPSA) is 61.8 Å². The molecule has 1 amide bonds. The molecule has 0 spiro atoms. The van der Waals surface area contributed by atoms with Crippen LogP contribution in [0.25, 0.3) is 0 Å². The number of carbonyl (C=O) groups excluding carboxylic acids is 1. The van der Waals surface area contributed by atoms with E-state index in [-0.39, 0.29) is 24.3 Å². The Bertz CT molecular complexity index is 509. The van der Waals surface area contributed by atoms with E-state index in [2.05, 4.69) is 21.7 Å². The van der Waals surface area contributed by atoms with Crippen LogP contribution in [0.2, 0.25) is 0 Å². The van der Waals surface area contributed by atoms with Gasteiger partial charge < -0.3 is 20.1 Å². The van der Waals surface area contributed by atoms with Crippen molar-refractivity contribution in [2.45, 2.75) is 38.1 Å². The maximum atomic E-state index is 12.5. The molecule has 0 aromatic carbocycles. The lowest BCUT2D eigenvalue weighted by molar-refractivity contribution is -0.127. The van der Waals surface area contributed by atoms with Gasteiger partial charge in [0.1, 0.15) is 0 Å². The average Bonchev–Trinajstić information content (AvgIpc) is 3.19. The molecule has 1 atom stereocenters. The maximum absolute atomic E-state index is 12.5. The molecule has 140 valence electrons. The molecule has 1 aromatic heterocycles. The minimum Gasteiger partial charge on any atom is -0.396 e. The number of thiophene rings is 1. The van der Waals surface area contributed by atoms with Crippen LogP contribution in [0.4, 0.5) is 0 Å². The predicted octanol–water partition coefficient (Wildman–Crippen LogP) is 1.91. The summed E-state index contributed by atoms with van der Waals surface area (Å²) in [7, 11) is 0. The number of hydrogen-bond acceptors (Lipinski definition) is 5. The summed E-state index contributed by atoms with van der Waals surface area (Å²) in [4.78, 5) is 16.3. The molecule has 3 heterocycles. The molecule has 2 N–H and O–H groups in total. The number of carbonyl (C=O) groups is 1. The Morgan fingerprint density at radius 1 is 1.32 bits per heavy atom. The van der Waals surface area contributed by atoms with Gasteiger partial charge in [-0.3, -0.25) is 4.79 Å². The van der Waals surface area contributed by atoms with Crippen molar-refractivity contribution >= 4 is 17.2 Å². The van der Waals surface area contributed by atoms with Crippen molar-refractivity contribution in [2.24, 2.45) is 11.8 Å². The molecule has 2 saturated heterocycles. The number of piperidine rings is 1. The third-order valence-electron chi connectivity index (χ3n) is 5.50. The molecular formula is C19H30N2O3S. The first-order valence-electron chi connectivity index (χ1n) is 9.49. The lowest BCUT2D eigenvalue weighted by Crippen LogP contribution is -2.47. The first-order chi connectivity index (χ1) is 12.3. The summed E-state index contributed by atoms with van der Waals surface area (Å²) in [5, 5.41) is 14.7. The third kappa shape index (κ3) is 5.51. The smallest absolute Gasteiger partial charge is 0.223 e. The number of amides is 1. The molecule has 2 fully saturated rings. The maximum Gasteiger partial charge on any atom is 0.223 e. The highest BCUT2D eigenvalue weighted by Gasteiger charge is 2.29. The second-order valence-electron chi connectivity index (χ2n) is 7.23. The number of aliphatic hydroxyl groups is 1. The van der Waals surface area contributed by atoms with Gasteiger partial charge in [-0.05, 0) is 56.6 Å². The SMILES string of the molecule is O=C(NC[C@@H](CO)Cc1cccs1)C1CCN(C2CCOCC2)CC1. The number of rotatable bonds is 7. The fourth-order valence-electron chi connectivity index (χ4n) is 3.88. The summed E-state index contributed by atoms with van der Waals surface area (Å²) in [5.74, 6) is 0.387. The van der Waals surface area contributed by atoms with Gasteiger partial charge in [0.15, 0.2) is 0 Å². The van der Waals surface area contributed by atoms with Gasteiger partial charge in [-0.15, -0.1) is 11.3 Å². The van der Waals surface area contributed by atoms with Gasteiger partial charge in [-0.1, -0.05) is 6.07 Å². The summed E-state index contributed by atoms with van der Waals surface area (Å²) in [6.45, 7) is 4.45. The zero-order chi connectivity index (χ0) is 17.5. The van der Waals surface area contributed by atoms with Crippen molar-refractivity contribution < 1.29 is 14.6 Å². The first kappa shape index (κ1) is 18.8. The molecule has 5 nitrogen and oxygen atoms in total. The van der Waals surface area contributed by atoms with E-state index in [0.29, 0.717) is 12.6 Å². The Morgan fingerprint density at radius 3 is 2.72 bits per heavy atom. The summed E-state index contributed by atoms with van der Waals surface area (Å²) in [6, 6.07) is 4.75. The summed E-state index contributed by atoms with van der Waals surface area (Å²) in [5.41, 5.74) is 0. The van der Waals surface area contributed by atoms with Gasteiger partial charge in [0.05, 0.1) is 0 Å². The molecule has 1 aromatic rings. The quantitative estimate of drug-likeness (QED) is 0.774. The second-order valence-corrected chi connectivity index (χ2v) is 8.26. The molecule has 25 heavy (non-hydrogen) atoms. The van der Waals surface area contributed by atoms with Gasteiger partial charge in [-0.2, -0.15) is 0 Å². The first-order valence-corrected chi connectivity index (χ1v) is 10.4. The lowest BCUT2D eigenvalue weighted by atomic mass is 9.93. The van der Waals surface area contributed by atoms with E-state index in [0.717, 1.165) is 58.4 Å². The predicted molar refractivity (Wildman–Crippen MR) is 99.7 cm³/mol. The Balaban J connectivity index is 1.38. The normalized spacial score (nSPS) is 22.0. The van der Waals surface area contributed by atoms with Crippen molar-refractivity contribution in [1.82, 2.24) is 10.2 Å². The fourth-order valence-corrected chi connectivity index (χ4v) is 4.70. The van der Waals surface area contributed by atoms with Crippen molar-refractivity contribution in [3.8, 4) is 0 Å². The Hall–Kier alpha value is -0.950. The molecular weight excluding hydrogens is 336 g/mol. The van der Waals surface area contributed by atoms with E-state index in [1.165, 1.54) is 4.88 Å². The Labute approximate surface area is 154 Å². The van der Waals surface area contributed by atoms with Gasteiger partial charge in [-0.25, -0.2) is 0 Å². The molecule has 6 heteroatoms. The van der Waals surface area contributed by atoms with E-state index in [4.69, 9.17) is 4.74 Å². The average molecular weight is 367 g/mol. The van der Waals surface area contributed by atoms with E-state index < -0.39 is 0 Å². The van der Waals surface area contributed by atoms with Crippen LogP contribution in [-0.4, -0.2) is 61.4 Å². The van der Waals surface area contributed by atoms with Crippen LogP contribution >= 0.6 is 11.3 Å². The van der Waals surface area contributed by atoms with E-state index in [1.807, 2.05) is 6.07 Å². The molecule has 0 unspecified atom stereocenters. The monoisotopic (exact) mass is 366 g/mol. The zero-order valence-corrected chi connectivity index (χ0v) is 15.7. The Kier molecular flexibility index (Phi) is 7.28. The van der Waals surface area contributed by atoms with Crippen LogP contribution in [0.5, 0.6) is 0 Å². The Morgan fingerprint density at radius 2 is 2.08 bits per heavy atom. The van der Waals surface area contributed by atoms with Crippen LogP contribution < -0.4 is 5.32 Å². The van der Waals surface area contributed by atoms with Gasteiger partial charge >= 0.3 is 0 Å². The molecule has 2 aliphatic heterocycles. The van der Waals surface area contributed by atoms with Crippen molar-refractivity contribution in [1.29, 1.82) is 0 Å². The van der Waals surface area contributed by atoms with Gasteiger partial charge in [0.25, 0.3) is 0 Å². The van der Waals surface area contributed by atoms with Crippen LogP contribution in [0.3, 0.4) is 0 Å². The highest BCUT2D eigenvalue weighted by Crippen LogP contribution is 2.23. The van der Waals surface area contributed by atoms with E-state index in [1.54, 1.807) is 11.3 Å². The van der Waals surface area contributed by atoms with Gasteiger partial charge in [0, 0.05) is 49.1 Å². The number of nitrogens with zero attached hydrogens (tertiary/aromatic N) is 1. The minimum absolute atomic E-state index is 0.102. The number of nitrogens with one attached hydrogen (secondary N) is 1. The molecule has 0 aliphatic carbocycles. The summed E-state index contributed by atoms with van der Waals surface area (Å²) >= 11 is 1.70. The van der Waals surface area contributed by atoms with E-state index >= 15 is 0 Å². The largest absolute Gasteiger partial charge is 0.396 e. The molecule has 3 rings (SSSR count). The second kappa shape index (κ2) is 9.67. The fraction of sp³-hybridized carbons (Fsp3) is 0.737. The third-order valence-corrected chi connectivity index (χ3v) is 6.40. The van der Waals surface area contributed by atoms with Gasteiger partial charge in [0.2, 0.25) is 5.91 Å². The van der Waals surface area contributed by atoms with Crippen LogP contribution in [0.15, 0.2) is 17.5 Å². The minimum atomic E-state index is 0.102. The van der Waals surface area contributed by atoms with Crippen LogP contribution in [-0.2, 0) is 16.0 Å². The molecule has 2 aliphatic rings. The number of aliphatic hydroxyl groups excluding tert-OH is 1. The van der Waals surface area contributed by atoms with Crippen molar-refractivity contribution in [3.63, 3.8) is 0 Å². The standard InChI is InChI=1S/C19H30N2O3S/c22-14-15(12-18-2-1-11-25-18)13-20-19(23)16-3-7-21(8-4-16)17-5-9-24-10-6-17/h1-2,11,15-17,22H,3-10,12-14H2,(H,20,23)/t15-/m0/s1. The molecule has 0 saturated carbocycles. The zero-order valence-electron chi connectivity index (χ0n) is 14.9. The number of hydrogen-bond donors (Lipinski definition) is 2. The molecule has 0 radical (unpaired) electrons. The lowest BCUT2D eigenvalue weighted by Gasteiger charge is -2.38. The van der Waals surface area contributed by atoms with Crippen molar-refractivity contribution in [3.05, 3.63) is 22.4 Å². The summed E-state index contributed by atoms with van der Waals surface area (Å²) < 4.78 is 5.44. The van der Waals surface area contributed by atoms with E-state index in [9.17, 15) is 9.90 Å².